The van der Waals surface area contributed by atoms with Crippen molar-refractivity contribution in [2.45, 2.75) is 31.9 Å². The van der Waals surface area contributed by atoms with Gasteiger partial charge in [-0.05, 0) is 20.8 Å². The van der Waals surface area contributed by atoms with Crippen molar-refractivity contribution in [2.24, 2.45) is 5.73 Å². The Balaban J connectivity index is 2.78. The van der Waals surface area contributed by atoms with Gasteiger partial charge < -0.3 is 20.1 Å². The fraction of sp³-hybridized carbons (Fsp3) is 0.833. The minimum absolute atomic E-state index is 0.0545. The molecule has 1 atom stereocenters. The topological polar surface area (TPSA) is 93.9 Å². The number of rotatable bonds is 2. The Morgan fingerprint density at radius 2 is 2.05 bits per heavy atom. The minimum Gasteiger partial charge on any atom is -0.468 e. The number of hydrogen-bond donors (Lipinski definition) is 2. The van der Waals surface area contributed by atoms with E-state index < -0.39 is 23.2 Å². The van der Waals surface area contributed by atoms with Crippen molar-refractivity contribution < 1.29 is 19.1 Å². The summed E-state index contributed by atoms with van der Waals surface area (Å²) in [5.41, 5.74) is 4.04. The average molecular weight is 273 g/mol. The number of carbonyl (C=O) groups excluding carboxylic acids is 2. The first-order chi connectivity index (χ1) is 8.74. The summed E-state index contributed by atoms with van der Waals surface area (Å²) in [4.78, 5) is 25.3. The lowest BCUT2D eigenvalue weighted by atomic mass is 9.97. The second kappa shape index (κ2) is 5.75. The molecule has 1 aliphatic heterocycles. The maximum Gasteiger partial charge on any atom is 0.410 e. The molecule has 1 heterocycles. The standard InChI is InChI=1S/C12H23N3O4/c1-11(2,3)19-10(17)15-6-5-14-12(7-13,8-15)9(16)18-4/h14H,5-8,13H2,1-4H3. The molecule has 1 amide bonds. The van der Waals surface area contributed by atoms with Crippen molar-refractivity contribution in [1.82, 2.24) is 10.2 Å². The highest BCUT2D eigenvalue weighted by atomic mass is 16.6. The van der Waals surface area contributed by atoms with Crippen LogP contribution >= 0.6 is 0 Å². The first-order valence-electron chi connectivity index (χ1n) is 6.25. The molecule has 3 N–H and O–H groups in total. The van der Waals surface area contributed by atoms with E-state index >= 15 is 0 Å². The monoisotopic (exact) mass is 273 g/mol. The number of carbonyl (C=O) groups is 2. The largest absolute Gasteiger partial charge is 0.468 e. The van der Waals surface area contributed by atoms with E-state index in [0.29, 0.717) is 13.1 Å². The molecule has 0 radical (unpaired) electrons. The van der Waals surface area contributed by atoms with Gasteiger partial charge in [-0.15, -0.1) is 0 Å². The first kappa shape index (κ1) is 15.7. The molecule has 0 aromatic heterocycles. The van der Waals surface area contributed by atoms with E-state index in [9.17, 15) is 9.59 Å². The van der Waals surface area contributed by atoms with Crippen LogP contribution in [0.25, 0.3) is 0 Å². The zero-order chi connectivity index (χ0) is 14.7. The highest BCUT2D eigenvalue weighted by Gasteiger charge is 2.44. The average Bonchev–Trinajstić information content (AvgIpc) is 2.35. The molecule has 19 heavy (non-hydrogen) atoms. The number of nitrogens with two attached hydrogens (primary N) is 1. The number of piperazine rings is 1. The molecule has 0 spiro atoms. The Bertz CT molecular complexity index is 353. The van der Waals surface area contributed by atoms with Gasteiger partial charge in [-0.2, -0.15) is 0 Å². The molecule has 0 aliphatic carbocycles. The summed E-state index contributed by atoms with van der Waals surface area (Å²) in [5.74, 6) is -0.469. The van der Waals surface area contributed by atoms with Crippen LogP contribution in [0.5, 0.6) is 0 Å². The number of nitrogens with zero attached hydrogens (tertiary/aromatic N) is 1. The van der Waals surface area contributed by atoms with Crippen molar-refractivity contribution in [3.63, 3.8) is 0 Å². The highest BCUT2D eigenvalue weighted by Crippen LogP contribution is 2.16. The molecular formula is C12H23N3O4. The molecule has 7 heteroatoms. The number of amides is 1. The second-order valence-electron chi connectivity index (χ2n) is 5.61. The summed E-state index contributed by atoms with van der Waals surface area (Å²) in [6.45, 7) is 6.51. The van der Waals surface area contributed by atoms with Gasteiger partial charge in [-0.1, -0.05) is 0 Å². The molecule has 7 nitrogen and oxygen atoms in total. The van der Waals surface area contributed by atoms with Crippen LogP contribution in [0.2, 0.25) is 0 Å². The Morgan fingerprint density at radius 1 is 1.42 bits per heavy atom. The molecule has 0 bridgehead atoms. The predicted molar refractivity (Wildman–Crippen MR) is 69.6 cm³/mol. The number of hydrogen-bond acceptors (Lipinski definition) is 6. The lowest BCUT2D eigenvalue weighted by molar-refractivity contribution is -0.150. The van der Waals surface area contributed by atoms with E-state index in [1.165, 1.54) is 12.0 Å². The fourth-order valence-corrected chi connectivity index (χ4v) is 1.93. The Labute approximate surface area is 113 Å². The molecule has 1 fully saturated rings. The summed E-state index contributed by atoms with van der Waals surface area (Å²) in [6, 6.07) is 0. The van der Waals surface area contributed by atoms with E-state index in [1.54, 1.807) is 20.8 Å². The number of esters is 1. The molecule has 1 unspecified atom stereocenters. The SMILES string of the molecule is COC(=O)C1(CN)CN(C(=O)OC(C)(C)C)CCN1. The minimum atomic E-state index is -1.05. The predicted octanol–water partition coefficient (Wildman–Crippen LogP) is -0.303. The summed E-state index contributed by atoms with van der Waals surface area (Å²) in [5, 5.41) is 3.03. The quantitative estimate of drug-likeness (QED) is 0.671. The lowest BCUT2D eigenvalue weighted by Gasteiger charge is -2.41. The zero-order valence-electron chi connectivity index (χ0n) is 12.0. The van der Waals surface area contributed by atoms with Gasteiger partial charge in [-0.25, -0.2) is 9.59 Å². The van der Waals surface area contributed by atoms with Crippen LogP contribution in [0, 0.1) is 0 Å². The smallest absolute Gasteiger partial charge is 0.410 e. The maximum atomic E-state index is 12.0. The van der Waals surface area contributed by atoms with E-state index in [-0.39, 0.29) is 13.1 Å². The third-order valence-electron chi connectivity index (χ3n) is 2.88. The van der Waals surface area contributed by atoms with Crippen molar-refractivity contribution in [2.75, 3.05) is 33.3 Å². The van der Waals surface area contributed by atoms with Crippen molar-refractivity contribution in [3.8, 4) is 0 Å². The summed E-state index contributed by atoms with van der Waals surface area (Å²) < 4.78 is 10.0. The number of ether oxygens (including phenoxy) is 2. The second-order valence-corrected chi connectivity index (χ2v) is 5.61. The highest BCUT2D eigenvalue weighted by molar-refractivity contribution is 5.83. The van der Waals surface area contributed by atoms with Crippen molar-refractivity contribution in [3.05, 3.63) is 0 Å². The lowest BCUT2D eigenvalue weighted by Crippen LogP contribution is -2.69. The Kier molecular flexibility index (Phi) is 4.75. The summed E-state index contributed by atoms with van der Waals surface area (Å²) >= 11 is 0. The summed E-state index contributed by atoms with van der Waals surface area (Å²) in [6.07, 6.45) is -0.448. The summed E-state index contributed by atoms with van der Waals surface area (Å²) in [7, 11) is 1.30. The van der Waals surface area contributed by atoms with Crippen LogP contribution < -0.4 is 11.1 Å². The van der Waals surface area contributed by atoms with E-state index in [1.807, 2.05) is 0 Å². The maximum absolute atomic E-state index is 12.0. The molecule has 0 aromatic rings. The fourth-order valence-electron chi connectivity index (χ4n) is 1.93. The van der Waals surface area contributed by atoms with Crippen LogP contribution in [0.15, 0.2) is 0 Å². The van der Waals surface area contributed by atoms with Gasteiger partial charge >= 0.3 is 12.1 Å². The van der Waals surface area contributed by atoms with Gasteiger partial charge in [0.05, 0.1) is 13.7 Å². The normalized spacial score (nSPS) is 23.9. The van der Waals surface area contributed by atoms with Crippen LogP contribution in [0.4, 0.5) is 4.79 Å². The van der Waals surface area contributed by atoms with Crippen molar-refractivity contribution >= 4 is 12.1 Å². The van der Waals surface area contributed by atoms with Crippen LogP contribution in [0.1, 0.15) is 20.8 Å². The molecule has 1 saturated heterocycles. The molecule has 0 saturated carbocycles. The van der Waals surface area contributed by atoms with Crippen molar-refractivity contribution in [1.29, 1.82) is 0 Å². The molecule has 110 valence electrons. The third kappa shape index (κ3) is 3.81. The van der Waals surface area contributed by atoms with Gasteiger partial charge in [0.1, 0.15) is 11.1 Å². The van der Waals surface area contributed by atoms with Gasteiger partial charge in [-0.3, -0.25) is 5.32 Å². The zero-order valence-corrected chi connectivity index (χ0v) is 12.0. The Morgan fingerprint density at radius 3 is 2.53 bits per heavy atom. The third-order valence-corrected chi connectivity index (χ3v) is 2.88. The van der Waals surface area contributed by atoms with Crippen LogP contribution in [-0.2, 0) is 14.3 Å². The van der Waals surface area contributed by atoms with Gasteiger partial charge in [0, 0.05) is 19.6 Å². The van der Waals surface area contributed by atoms with Gasteiger partial charge in [0.2, 0.25) is 0 Å². The molecular weight excluding hydrogens is 250 g/mol. The van der Waals surface area contributed by atoms with Crippen LogP contribution in [-0.4, -0.2) is 61.4 Å². The van der Waals surface area contributed by atoms with E-state index in [4.69, 9.17) is 15.2 Å². The number of methoxy groups -OCH3 is 1. The van der Waals surface area contributed by atoms with E-state index in [2.05, 4.69) is 5.32 Å². The number of nitrogens with one attached hydrogen (secondary N) is 1. The van der Waals surface area contributed by atoms with Gasteiger partial charge in [0.25, 0.3) is 0 Å². The Hall–Kier alpha value is -1.34. The van der Waals surface area contributed by atoms with Gasteiger partial charge in [0.15, 0.2) is 0 Å². The molecule has 1 aliphatic rings. The molecule has 1 rings (SSSR count). The van der Waals surface area contributed by atoms with E-state index in [0.717, 1.165) is 0 Å². The first-order valence-corrected chi connectivity index (χ1v) is 6.25. The van der Waals surface area contributed by atoms with Crippen LogP contribution in [0.3, 0.4) is 0 Å². The molecule has 0 aromatic carbocycles.